The molecule has 1 aliphatic heterocycles. The number of halogens is 3. The minimum Gasteiger partial charge on any atom is -0.486 e. The summed E-state index contributed by atoms with van der Waals surface area (Å²) in [5, 5.41) is 13.2. The highest BCUT2D eigenvalue weighted by atomic mass is 19.4. The third-order valence-electron chi connectivity index (χ3n) is 4.87. The van der Waals surface area contributed by atoms with Gasteiger partial charge in [-0.1, -0.05) is 17.3 Å². The summed E-state index contributed by atoms with van der Waals surface area (Å²) in [6, 6.07) is 12.5. The molecule has 1 saturated heterocycles. The Bertz CT molecular complexity index is 1070. The van der Waals surface area contributed by atoms with Crippen molar-refractivity contribution >= 4 is 5.97 Å². The average molecular weight is 449 g/mol. The van der Waals surface area contributed by atoms with Crippen molar-refractivity contribution in [2.45, 2.75) is 31.4 Å². The highest BCUT2D eigenvalue weighted by molar-refractivity contribution is 5.76. The van der Waals surface area contributed by atoms with Gasteiger partial charge < -0.3 is 23.8 Å². The molecular formula is C22H18F3NO6. The number of carboxylic acid groups (broad SMARTS) is 1. The van der Waals surface area contributed by atoms with E-state index in [0.29, 0.717) is 41.5 Å². The maximum atomic E-state index is 12.7. The third-order valence-corrected chi connectivity index (χ3v) is 4.87. The Morgan fingerprint density at radius 2 is 1.78 bits per heavy atom. The van der Waals surface area contributed by atoms with Crippen LogP contribution in [0.25, 0.3) is 11.3 Å². The Balaban J connectivity index is 1.35. The van der Waals surface area contributed by atoms with Crippen molar-refractivity contribution in [3.05, 3.63) is 65.9 Å². The predicted octanol–water partition coefficient (Wildman–Crippen LogP) is 4.91. The van der Waals surface area contributed by atoms with E-state index in [2.05, 4.69) is 5.16 Å². The zero-order valence-electron chi connectivity index (χ0n) is 16.6. The van der Waals surface area contributed by atoms with Crippen LogP contribution in [-0.2, 0) is 22.3 Å². The molecule has 1 aromatic heterocycles. The predicted molar refractivity (Wildman–Crippen MR) is 104 cm³/mol. The van der Waals surface area contributed by atoms with Crippen molar-refractivity contribution in [1.82, 2.24) is 5.16 Å². The van der Waals surface area contributed by atoms with Crippen LogP contribution in [0.4, 0.5) is 13.2 Å². The van der Waals surface area contributed by atoms with E-state index < -0.39 is 23.5 Å². The number of benzene rings is 2. The molecule has 168 valence electrons. The number of carbonyl (C=O) groups is 1. The number of rotatable bonds is 7. The maximum absolute atomic E-state index is 12.7. The van der Waals surface area contributed by atoms with E-state index in [1.807, 2.05) is 0 Å². The third kappa shape index (κ3) is 4.70. The van der Waals surface area contributed by atoms with E-state index >= 15 is 0 Å². The molecular weight excluding hydrogens is 431 g/mol. The van der Waals surface area contributed by atoms with E-state index in [-0.39, 0.29) is 13.0 Å². The molecule has 7 nitrogen and oxygen atoms in total. The normalized spacial score (nSPS) is 18.5. The van der Waals surface area contributed by atoms with Crippen molar-refractivity contribution in [3.63, 3.8) is 0 Å². The molecule has 1 aliphatic rings. The summed E-state index contributed by atoms with van der Waals surface area (Å²) in [7, 11) is 0. The van der Waals surface area contributed by atoms with Gasteiger partial charge in [-0.3, -0.25) is 0 Å². The lowest BCUT2D eigenvalue weighted by Crippen LogP contribution is -2.43. The Morgan fingerprint density at radius 3 is 2.38 bits per heavy atom. The number of nitrogens with zero attached hydrogens (tertiary/aromatic N) is 1. The van der Waals surface area contributed by atoms with Crippen LogP contribution in [0.5, 0.6) is 11.5 Å². The lowest BCUT2D eigenvalue weighted by molar-refractivity contribution is -0.197. The minimum absolute atomic E-state index is 0.0377. The first-order chi connectivity index (χ1) is 15.2. The number of carboxylic acids is 1. The van der Waals surface area contributed by atoms with E-state index in [9.17, 15) is 23.1 Å². The quantitative estimate of drug-likeness (QED) is 0.548. The van der Waals surface area contributed by atoms with Crippen molar-refractivity contribution in [1.29, 1.82) is 0 Å². The summed E-state index contributed by atoms with van der Waals surface area (Å²) in [5.41, 5.74) is 0.127. The number of aliphatic carboxylic acids is 1. The van der Waals surface area contributed by atoms with E-state index in [4.69, 9.17) is 18.7 Å². The zero-order valence-corrected chi connectivity index (χ0v) is 16.6. The summed E-state index contributed by atoms with van der Waals surface area (Å²) in [5.74, 6) is -1.67. The van der Waals surface area contributed by atoms with Gasteiger partial charge in [-0.05, 0) is 42.8 Å². The Hall–Kier alpha value is -3.53. The van der Waals surface area contributed by atoms with Gasteiger partial charge in [-0.25, -0.2) is 4.79 Å². The van der Waals surface area contributed by atoms with Crippen molar-refractivity contribution < 1.29 is 41.8 Å². The zero-order chi connectivity index (χ0) is 22.8. The highest BCUT2D eigenvalue weighted by Gasteiger charge is 2.46. The lowest BCUT2D eigenvalue weighted by Gasteiger charge is -2.24. The molecule has 0 bridgehead atoms. The summed E-state index contributed by atoms with van der Waals surface area (Å²) in [6.45, 7) is 0.356. The molecule has 2 heterocycles. The molecule has 3 aromatic rings. The second-order valence-corrected chi connectivity index (χ2v) is 7.13. The maximum Gasteiger partial charge on any atom is 0.416 e. The van der Waals surface area contributed by atoms with E-state index in [1.165, 1.54) is 12.1 Å². The first-order valence-electron chi connectivity index (χ1n) is 9.68. The van der Waals surface area contributed by atoms with Crippen molar-refractivity contribution in [2.75, 3.05) is 6.61 Å². The summed E-state index contributed by atoms with van der Waals surface area (Å²) in [6.07, 6.45) is -3.55. The number of aromatic nitrogens is 1. The van der Waals surface area contributed by atoms with Crippen LogP contribution in [0.2, 0.25) is 0 Å². The van der Waals surface area contributed by atoms with Gasteiger partial charge in [0.1, 0.15) is 23.8 Å². The molecule has 2 aromatic carbocycles. The molecule has 10 heteroatoms. The summed E-state index contributed by atoms with van der Waals surface area (Å²) >= 11 is 0. The Morgan fingerprint density at radius 1 is 1.09 bits per heavy atom. The highest BCUT2D eigenvalue weighted by Crippen LogP contribution is 2.32. The van der Waals surface area contributed by atoms with Gasteiger partial charge >= 0.3 is 17.9 Å². The molecule has 0 amide bonds. The molecule has 32 heavy (non-hydrogen) atoms. The second-order valence-electron chi connectivity index (χ2n) is 7.13. The van der Waals surface area contributed by atoms with Gasteiger partial charge in [-0.2, -0.15) is 13.2 Å². The van der Waals surface area contributed by atoms with Crippen molar-refractivity contribution in [2.24, 2.45) is 0 Å². The number of hydrogen-bond acceptors (Lipinski definition) is 6. The SMILES string of the molecule is O=C(O)[C@@]1(Oc2ccc(OCc3cc(-c4ccc(C(F)(F)F)cc4)no3)cc2)CCCO1. The van der Waals surface area contributed by atoms with Gasteiger partial charge in [0.2, 0.25) is 0 Å². The number of ether oxygens (including phenoxy) is 3. The molecule has 0 spiro atoms. The van der Waals surface area contributed by atoms with Crippen LogP contribution in [-0.4, -0.2) is 28.6 Å². The first-order valence-corrected chi connectivity index (χ1v) is 9.68. The smallest absolute Gasteiger partial charge is 0.416 e. The van der Waals surface area contributed by atoms with Gasteiger partial charge in [0, 0.05) is 18.1 Å². The van der Waals surface area contributed by atoms with Crippen molar-refractivity contribution in [3.8, 4) is 22.8 Å². The minimum atomic E-state index is -4.40. The average Bonchev–Trinajstić information content (AvgIpc) is 3.43. The molecule has 1 atom stereocenters. The number of hydrogen-bond donors (Lipinski definition) is 1. The standard InChI is InChI=1S/C22H18F3NO6/c23-22(24,25)15-4-2-14(3-5-15)19-12-18(32-26-19)13-29-16-6-8-17(9-7-16)31-21(20(27)28)10-1-11-30-21/h2-9,12H,1,10-11,13H2,(H,27,28)/t21-/m0/s1. The van der Waals surface area contributed by atoms with Gasteiger partial charge in [-0.15, -0.1) is 0 Å². The fourth-order valence-electron chi connectivity index (χ4n) is 3.20. The second kappa shape index (κ2) is 8.54. The molecule has 0 saturated carbocycles. The van der Waals surface area contributed by atoms with Gasteiger partial charge in [0.05, 0.1) is 12.2 Å². The summed E-state index contributed by atoms with van der Waals surface area (Å²) in [4.78, 5) is 11.5. The van der Waals surface area contributed by atoms with Gasteiger partial charge in [0.25, 0.3) is 0 Å². The molecule has 4 rings (SSSR count). The first kappa shape index (κ1) is 21.7. The monoisotopic (exact) mass is 449 g/mol. The van der Waals surface area contributed by atoms with Crippen LogP contribution in [0.15, 0.2) is 59.1 Å². The Kier molecular flexibility index (Phi) is 5.79. The van der Waals surface area contributed by atoms with E-state index in [0.717, 1.165) is 12.1 Å². The molecule has 0 aliphatic carbocycles. The van der Waals surface area contributed by atoms with E-state index in [1.54, 1.807) is 30.3 Å². The molecule has 0 unspecified atom stereocenters. The van der Waals surface area contributed by atoms with Crippen LogP contribution >= 0.6 is 0 Å². The Labute approximate surface area is 180 Å². The molecule has 0 radical (unpaired) electrons. The van der Waals surface area contributed by atoms with Crippen LogP contribution in [0.1, 0.15) is 24.2 Å². The lowest BCUT2D eigenvalue weighted by atomic mass is 10.1. The molecule has 1 fully saturated rings. The number of alkyl halides is 3. The van der Waals surface area contributed by atoms with Crippen LogP contribution in [0, 0.1) is 0 Å². The largest absolute Gasteiger partial charge is 0.486 e. The fourth-order valence-corrected chi connectivity index (χ4v) is 3.20. The van der Waals surface area contributed by atoms with Gasteiger partial charge in [0.15, 0.2) is 5.76 Å². The topological polar surface area (TPSA) is 91.0 Å². The fraction of sp³-hybridized carbons (Fsp3) is 0.273. The molecule has 1 N–H and O–H groups in total. The van der Waals surface area contributed by atoms with Crippen LogP contribution < -0.4 is 9.47 Å². The van der Waals surface area contributed by atoms with Crippen LogP contribution in [0.3, 0.4) is 0 Å². The summed E-state index contributed by atoms with van der Waals surface area (Å²) < 4.78 is 59.7.